The fraction of sp³-hybridized carbons (Fsp3) is 0.464. The van der Waals surface area contributed by atoms with Gasteiger partial charge in [-0.3, -0.25) is 9.48 Å². The Morgan fingerprint density at radius 3 is 2.29 bits per heavy atom. The number of piperidine rings is 1. The Labute approximate surface area is 207 Å². The maximum Gasteiger partial charge on any atom is 0.277 e. The van der Waals surface area contributed by atoms with Crippen LogP contribution in [0.15, 0.2) is 54.7 Å². The molecule has 5 rings (SSSR count). The number of carbonyl (C=O) groups is 1. The molecule has 1 N–H and O–H groups in total. The third kappa shape index (κ3) is 6.28. The lowest BCUT2D eigenvalue weighted by atomic mass is 9.89. The highest BCUT2D eigenvalue weighted by atomic mass is 16.5. The first-order valence-electron chi connectivity index (χ1n) is 12.9. The molecule has 3 aromatic rings. The maximum atomic E-state index is 12.7. The molecule has 2 fully saturated rings. The Morgan fingerprint density at radius 1 is 0.943 bits per heavy atom. The summed E-state index contributed by atoms with van der Waals surface area (Å²) in [5, 5.41) is 11.2. The minimum absolute atomic E-state index is 0.233. The number of nitrogens with zero attached hydrogens (tertiary/aromatic N) is 4. The van der Waals surface area contributed by atoms with E-state index in [0.29, 0.717) is 17.7 Å². The summed E-state index contributed by atoms with van der Waals surface area (Å²) in [5.74, 6) is 1.33. The van der Waals surface area contributed by atoms with Crippen molar-refractivity contribution in [3.05, 3.63) is 60.4 Å². The van der Waals surface area contributed by atoms with Gasteiger partial charge in [0, 0.05) is 25.3 Å². The van der Waals surface area contributed by atoms with Crippen molar-refractivity contribution in [2.24, 2.45) is 5.92 Å². The number of nitrogens with one attached hydrogen (secondary N) is 1. The van der Waals surface area contributed by atoms with E-state index in [1.54, 1.807) is 6.20 Å². The quantitative estimate of drug-likeness (QED) is 0.507. The monoisotopic (exact) mass is 473 g/mol. The van der Waals surface area contributed by atoms with Gasteiger partial charge in [-0.15, -0.1) is 5.10 Å². The molecule has 184 valence electrons. The number of carbonyl (C=O) groups excluding carboxylic acids is 1. The predicted octanol–water partition coefficient (Wildman–Crippen LogP) is 5.25. The number of anilines is 1. The second-order valence-electron chi connectivity index (χ2n) is 10.0. The van der Waals surface area contributed by atoms with Crippen LogP contribution in [0.5, 0.6) is 5.75 Å². The Morgan fingerprint density at radius 2 is 1.60 bits per heavy atom. The molecule has 0 atom stereocenters. The lowest BCUT2D eigenvalue weighted by Gasteiger charge is -2.29. The van der Waals surface area contributed by atoms with Crippen molar-refractivity contribution in [2.45, 2.75) is 57.6 Å². The minimum atomic E-state index is -0.233. The summed E-state index contributed by atoms with van der Waals surface area (Å²) in [6.07, 6.45) is 10.6. The number of ether oxygens (including phenoxy) is 1. The molecule has 0 unspecified atom stereocenters. The van der Waals surface area contributed by atoms with E-state index >= 15 is 0 Å². The molecule has 0 radical (unpaired) electrons. The molecule has 2 aliphatic rings. The van der Waals surface area contributed by atoms with Crippen LogP contribution in [-0.2, 0) is 6.54 Å². The van der Waals surface area contributed by atoms with E-state index in [9.17, 15) is 4.79 Å². The highest BCUT2D eigenvalue weighted by Gasteiger charge is 2.18. The smallest absolute Gasteiger partial charge is 0.277 e. The fourth-order valence-corrected chi connectivity index (χ4v) is 5.09. The van der Waals surface area contributed by atoms with Crippen LogP contribution >= 0.6 is 0 Å². The first-order valence-corrected chi connectivity index (χ1v) is 12.9. The predicted molar refractivity (Wildman–Crippen MR) is 138 cm³/mol. The molecule has 0 bridgehead atoms. The van der Waals surface area contributed by atoms with Crippen LogP contribution in [0, 0.1) is 5.92 Å². The summed E-state index contributed by atoms with van der Waals surface area (Å²) in [4.78, 5) is 15.0. The van der Waals surface area contributed by atoms with E-state index in [-0.39, 0.29) is 5.91 Å². The van der Waals surface area contributed by atoms with Crippen LogP contribution in [0.4, 0.5) is 5.69 Å². The van der Waals surface area contributed by atoms with Crippen molar-refractivity contribution in [1.82, 2.24) is 19.9 Å². The number of benzene rings is 2. The number of amides is 1. The molecule has 1 saturated heterocycles. The van der Waals surface area contributed by atoms with Crippen LogP contribution in [-0.4, -0.2) is 52.0 Å². The summed E-state index contributed by atoms with van der Waals surface area (Å²) in [6.45, 7) is 3.02. The normalized spacial score (nSPS) is 17.9. The Kier molecular flexibility index (Phi) is 7.42. The van der Waals surface area contributed by atoms with Gasteiger partial charge >= 0.3 is 0 Å². The topological polar surface area (TPSA) is 72.3 Å². The van der Waals surface area contributed by atoms with Gasteiger partial charge in [0.2, 0.25) is 0 Å². The summed E-state index contributed by atoms with van der Waals surface area (Å²) in [5.41, 5.74) is 3.30. The molecular formula is C28H35N5O2. The minimum Gasteiger partial charge on any atom is -0.490 e. The number of hydrogen-bond acceptors (Lipinski definition) is 5. The zero-order chi connectivity index (χ0) is 24.0. The second-order valence-corrected chi connectivity index (χ2v) is 10.0. The fourth-order valence-electron chi connectivity index (χ4n) is 5.09. The van der Waals surface area contributed by atoms with Gasteiger partial charge in [-0.1, -0.05) is 48.7 Å². The number of hydrogen-bond donors (Lipinski definition) is 1. The SMILES string of the molecule is CN1CCC(Oc2ccc(-c3ccc(NC(=O)c4cn(CC5CCCCC5)nn4)cc3)cc2)CC1. The molecule has 2 heterocycles. The number of likely N-dealkylation sites (tertiary alicyclic amines) is 1. The van der Waals surface area contributed by atoms with Crippen LogP contribution in [0.2, 0.25) is 0 Å². The molecule has 7 nitrogen and oxygen atoms in total. The van der Waals surface area contributed by atoms with E-state index in [1.807, 2.05) is 41.1 Å². The lowest BCUT2D eigenvalue weighted by Crippen LogP contribution is -2.35. The molecule has 1 aliphatic carbocycles. The summed E-state index contributed by atoms with van der Waals surface area (Å²) in [6, 6.07) is 16.1. The average molecular weight is 474 g/mol. The standard InChI is InChI=1S/C28H35N5O2/c1-32-17-15-26(16-18-32)35-25-13-9-23(10-14-25)22-7-11-24(12-8-22)29-28(34)27-20-33(31-30-27)19-21-5-3-2-4-6-21/h7-14,20-21,26H,2-6,15-19H2,1H3,(H,29,34). The van der Waals surface area contributed by atoms with Gasteiger partial charge < -0.3 is 15.0 Å². The van der Waals surface area contributed by atoms with Crippen molar-refractivity contribution in [3.63, 3.8) is 0 Å². The summed E-state index contributed by atoms with van der Waals surface area (Å²) < 4.78 is 7.97. The van der Waals surface area contributed by atoms with Gasteiger partial charge in [0.1, 0.15) is 11.9 Å². The van der Waals surface area contributed by atoms with Gasteiger partial charge in [-0.25, -0.2) is 0 Å². The average Bonchev–Trinajstić information content (AvgIpc) is 3.36. The number of aromatic nitrogens is 3. The Bertz CT molecular complexity index is 1100. The maximum absolute atomic E-state index is 12.7. The zero-order valence-electron chi connectivity index (χ0n) is 20.5. The molecule has 1 amide bonds. The highest BCUT2D eigenvalue weighted by molar-refractivity contribution is 6.02. The molecule has 0 spiro atoms. The van der Waals surface area contributed by atoms with Crippen LogP contribution in [0.3, 0.4) is 0 Å². The van der Waals surface area contributed by atoms with Gasteiger partial charge in [0.15, 0.2) is 5.69 Å². The molecule has 2 aromatic carbocycles. The Balaban J connectivity index is 1.14. The Hall–Kier alpha value is -3.19. The van der Waals surface area contributed by atoms with Crippen molar-refractivity contribution in [1.29, 1.82) is 0 Å². The first kappa shape index (κ1) is 23.5. The molecule has 35 heavy (non-hydrogen) atoms. The third-order valence-corrected chi connectivity index (χ3v) is 7.24. The second kappa shape index (κ2) is 11.0. The van der Waals surface area contributed by atoms with E-state index in [1.165, 1.54) is 32.1 Å². The third-order valence-electron chi connectivity index (χ3n) is 7.24. The van der Waals surface area contributed by atoms with Crippen LogP contribution < -0.4 is 10.1 Å². The summed E-state index contributed by atoms with van der Waals surface area (Å²) >= 11 is 0. The summed E-state index contributed by atoms with van der Waals surface area (Å²) in [7, 11) is 2.16. The van der Waals surface area contributed by atoms with Gasteiger partial charge in [-0.2, -0.15) is 0 Å². The van der Waals surface area contributed by atoms with E-state index in [0.717, 1.165) is 55.0 Å². The van der Waals surface area contributed by atoms with Crippen molar-refractivity contribution >= 4 is 11.6 Å². The largest absolute Gasteiger partial charge is 0.490 e. The molecular weight excluding hydrogens is 438 g/mol. The van der Waals surface area contributed by atoms with Gasteiger partial charge in [0.05, 0.1) is 6.20 Å². The van der Waals surface area contributed by atoms with Gasteiger partial charge in [-0.05, 0) is 74.0 Å². The highest BCUT2D eigenvalue weighted by Crippen LogP contribution is 2.26. The van der Waals surface area contributed by atoms with Crippen molar-refractivity contribution in [2.75, 3.05) is 25.5 Å². The number of rotatable bonds is 7. The van der Waals surface area contributed by atoms with E-state index < -0.39 is 0 Å². The molecule has 7 heteroatoms. The van der Waals surface area contributed by atoms with E-state index in [4.69, 9.17) is 4.74 Å². The first-order chi connectivity index (χ1) is 17.1. The van der Waals surface area contributed by atoms with Gasteiger partial charge in [0.25, 0.3) is 5.91 Å². The molecule has 1 aliphatic heterocycles. The molecule has 1 saturated carbocycles. The lowest BCUT2D eigenvalue weighted by molar-refractivity contribution is 0.102. The van der Waals surface area contributed by atoms with Crippen molar-refractivity contribution in [3.8, 4) is 16.9 Å². The van der Waals surface area contributed by atoms with Crippen LogP contribution in [0.25, 0.3) is 11.1 Å². The van der Waals surface area contributed by atoms with Crippen LogP contribution in [0.1, 0.15) is 55.4 Å². The zero-order valence-corrected chi connectivity index (χ0v) is 20.5. The van der Waals surface area contributed by atoms with E-state index in [2.05, 4.69) is 39.7 Å². The molecule has 1 aromatic heterocycles. The van der Waals surface area contributed by atoms with Crippen molar-refractivity contribution < 1.29 is 9.53 Å².